The fourth-order valence-electron chi connectivity index (χ4n) is 2.08. The molecule has 0 fully saturated rings. The third-order valence-corrected chi connectivity index (χ3v) is 3.37. The van der Waals surface area contributed by atoms with E-state index < -0.39 is 23.1 Å². The third kappa shape index (κ3) is 3.00. The second-order valence-corrected chi connectivity index (χ2v) is 4.95. The molecule has 1 atom stereocenters. The van der Waals surface area contributed by atoms with Crippen molar-refractivity contribution in [3.05, 3.63) is 62.9 Å². The molecule has 0 saturated carbocycles. The van der Waals surface area contributed by atoms with Crippen LogP contribution >= 0.6 is 0 Å². The molecule has 1 heterocycles. The molecule has 0 aliphatic rings. The van der Waals surface area contributed by atoms with Gasteiger partial charge in [0.25, 0.3) is 0 Å². The predicted octanol–water partition coefficient (Wildman–Crippen LogP) is 1.43. The average molecular weight is 302 g/mol. The summed E-state index contributed by atoms with van der Waals surface area (Å²) < 4.78 is 7.22. The Morgan fingerprint density at radius 1 is 1.14 bits per heavy atom. The van der Waals surface area contributed by atoms with E-state index in [9.17, 15) is 14.4 Å². The minimum atomic E-state index is -0.840. The minimum Gasteiger partial charge on any atom is -0.464 e. The number of aryl methyl sites for hydroxylation is 1. The van der Waals surface area contributed by atoms with Crippen molar-refractivity contribution in [2.75, 3.05) is 6.61 Å². The molecule has 0 aliphatic carbocycles. The summed E-state index contributed by atoms with van der Waals surface area (Å²) in [4.78, 5) is 36.1. The highest BCUT2D eigenvalue weighted by atomic mass is 16.5. The topological polar surface area (TPSA) is 70.3 Å². The number of aromatic nitrogens is 2. The molecule has 0 N–H and O–H groups in total. The van der Waals surface area contributed by atoms with Crippen LogP contribution in [0.2, 0.25) is 0 Å². The zero-order valence-corrected chi connectivity index (χ0v) is 12.8. The van der Waals surface area contributed by atoms with Gasteiger partial charge in [-0.2, -0.15) is 0 Å². The van der Waals surface area contributed by atoms with E-state index in [2.05, 4.69) is 0 Å². The molecule has 1 aromatic carbocycles. The molecule has 6 heteroatoms. The van der Waals surface area contributed by atoms with E-state index in [1.807, 2.05) is 19.1 Å². The SMILES string of the molecule is CCOC(=O)C(C)n1ccn(-c2ccc(C)cc2)c(=O)c1=O. The molecular formula is C16H18N2O4. The van der Waals surface area contributed by atoms with Crippen LogP contribution in [0.3, 0.4) is 0 Å². The third-order valence-electron chi connectivity index (χ3n) is 3.37. The zero-order chi connectivity index (χ0) is 16.3. The van der Waals surface area contributed by atoms with Crippen molar-refractivity contribution in [1.29, 1.82) is 0 Å². The van der Waals surface area contributed by atoms with Crippen LogP contribution in [-0.2, 0) is 9.53 Å². The van der Waals surface area contributed by atoms with Crippen LogP contribution in [-0.4, -0.2) is 21.7 Å². The van der Waals surface area contributed by atoms with Crippen molar-refractivity contribution in [3.63, 3.8) is 0 Å². The van der Waals surface area contributed by atoms with Crippen molar-refractivity contribution in [3.8, 4) is 5.69 Å². The molecule has 1 unspecified atom stereocenters. The molecule has 22 heavy (non-hydrogen) atoms. The first-order chi connectivity index (χ1) is 10.5. The van der Waals surface area contributed by atoms with Crippen molar-refractivity contribution >= 4 is 5.97 Å². The standard InChI is InChI=1S/C16H18N2O4/c1-4-22-16(21)12(3)17-9-10-18(15(20)14(17)19)13-7-5-11(2)6-8-13/h5-10,12H,4H2,1-3H3. The van der Waals surface area contributed by atoms with Gasteiger partial charge in [0.2, 0.25) is 0 Å². The van der Waals surface area contributed by atoms with Gasteiger partial charge in [0.15, 0.2) is 0 Å². The Morgan fingerprint density at radius 2 is 1.77 bits per heavy atom. The number of esters is 1. The van der Waals surface area contributed by atoms with Crippen molar-refractivity contribution in [1.82, 2.24) is 9.13 Å². The fourth-order valence-corrected chi connectivity index (χ4v) is 2.08. The molecule has 0 saturated heterocycles. The summed E-state index contributed by atoms with van der Waals surface area (Å²) in [6.07, 6.45) is 2.90. The maximum Gasteiger partial charge on any atom is 0.328 e. The smallest absolute Gasteiger partial charge is 0.328 e. The Balaban J connectivity index is 2.46. The number of hydrogen-bond acceptors (Lipinski definition) is 4. The first kappa shape index (κ1) is 15.8. The van der Waals surface area contributed by atoms with Crippen LogP contribution in [0.15, 0.2) is 46.2 Å². The first-order valence-electron chi connectivity index (χ1n) is 7.03. The molecule has 0 amide bonds. The van der Waals surface area contributed by atoms with Crippen molar-refractivity contribution < 1.29 is 9.53 Å². The lowest BCUT2D eigenvalue weighted by atomic mass is 10.2. The summed E-state index contributed by atoms with van der Waals surface area (Å²) in [6, 6.07) is 6.39. The number of ether oxygens (including phenoxy) is 1. The molecule has 6 nitrogen and oxygen atoms in total. The second kappa shape index (κ2) is 6.43. The van der Waals surface area contributed by atoms with Gasteiger partial charge in [0, 0.05) is 18.1 Å². The quantitative estimate of drug-likeness (QED) is 0.633. The molecule has 116 valence electrons. The second-order valence-electron chi connectivity index (χ2n) is 4.95. The van der Waals surface area contributed by atoms with Crippen LogP contribution in [0.5, 0.6) is 0 Å². The van der Waals surface area contributed by atoms with Crippen LogP contribution in [0, 0.1) is 6.92 Å². The van der Waals surface area contributed by atoms with Gasteiger partial charge in [-0.25, -0.2) is 4.79 Å². The summed E-state index contributed by atoms with van der Waals surface area (Å²) in [6.45, 7) is 5.36. The highest BCUT2D eigenvalue weighted by Gasteiger charge is 2.19. The Labute approximate surface area is 127 Å². The number of hydrogen-bond donors (Lipinski definition) is 0. The zero-order valence-electron chi connectivity index (χ0n) is 12.8. The molecule has 2 aromatic rings. The molecular weight excluding hydrogens is 284 g/mol. The van der Waals surface area contributed by atoms with Gasteiger partial charge in [-0.15, -0.1) is 0 Å². The first-order valence-corrected chi connectivity index (χ1v) is 7.03. The van der Waals surface area contributed by atoms with E-state index in [4.69, 9.17) is 4.74 Å². The summed E-state index contributed by atoms with van der Waals surface area (Å²) in [7, 11) is 0. The monoisotopic (exact) mass is 302 g/mol. The van der Waals surface area contributed by atoms with Gasteiger partial charge < -0.3 is 4.74 Å². The summed E-state index contributed by atoms with van der Waals surface area (Å²) in [5.41, 5.74) is 0.191. The summed E-state index contributed by atoms with van der Waals surface area (Å²) in [5.74, 6) is -0.544. The van der Waals surface area contributed by atoms with Crippen molar-refractivity contribution in [2.24, 2.45) is 0 Å². The minimum absolute atomic E-state index is 0.221. The van der Waals surface area contributed by atoms with E-state index in [1.54, 1.807) is 19.1 Å². The average Bonchev–Trinajstić information content (AvgIpc) is 2.50. The number of rotatable bonds is 4. The van der Waals surface area contributed by atoms with E-state index in [0.29, 0.717) is 5.69 Å². The van der Waals surface area contributed by atoms with E-state index >= 15 is 0 Å². The summed E-state index contributed by atoms with van der Waals surface area (Å²) in [5, 5.41) is 0. The van der Waals surface area contributed by atoms with Gasteiger partial charge in [-0.05, 0) is 32.9 Å². The fraction of sp³-hybridized carbons (Fsp3) is 0.312. The van der Waals surface area contributed by atoms with Crippen LogP contribution in [0.4, 0.5) is 0 Å². The Kier molecular flexibility index (Phi) is 4.60. The number of carbonyl (C=O) groups is 1. The predicted molar refractivity (Wildman–Crippen MR) is 82.4 cm³/mol. The summed E-state index contributed by atoms with van der Waals surface area (Å²) >= 11 is 0. The Bertz CT molecular complexity index is 787. The Hall–Kier alpha value is -2.63. The maximum absolute atomic E-state index is 12.2. The van der Waals surface area contributed by atoms with E-state index in [-0.39, 0.29) is 6.61 Å². The number of nitrogens with zero attached hydrogens (tertiary/aromatic N) is 2. The van der Waals surface area contributed by atoms with E-state index in [0.717, 1.165) is 10.1 Å². The van der Waals surface area contributed by atoms with Crippen molar-refractivity contribution in [2.45, 2.75) is 26.8 Å². The molecule has 0 aliphatic heterocycles. The Morgan fingerprint density at radius 3 is 2.36 bits per heavy atom. The molecule has 0 spiro atoms. The normalized spacial score (nSPS) is 12.0. The van der Waals surface area contributed by atoms with Gasteiger partial charge in [-0.1, -0.05) is 17.7 Å². The van der Waals surface area contributed by atoms with Gasteiger partial charge in [0.05, 0.1) is 6.61 Å². The van der Waals surface area contributed by atoms with Gasteiger partial charge in [0.1, 0.15) is 6.04 Å². The largest absolute Gasteiger partial charge is 0.464 e. The van der Waals surface area contributed by atoms with E-state index in [1.165, 1.54) is 23.9 Å². The molecule has 0 bridgehead atoms. The lowest BCUT2D eigenvalue weighted by Gasteiger charge is -2.14. The van der Waals surface area contributed by atoms with Crippen LogP contribution < -0.4 is 11.1 Å². The van der Waals surface area contributed by atoms with Gasteiger partial charge in [-0.3, -0.25) is 18.7 Å². The lowest BCUT2D eigenvalue weighted by Crippen LogP contribution is -2.42. The molecule has 1 aromatic heterocycles. The maximum atomic E-state index is 12.2. The highest BCUT2D eigenvalue weighted by Crippen LogP contribution is 2.08. The van der Waals surface area contributed by atoms with Crippen LogP contribution in [0.25, 0.3) is 5.69 Å². The highest BCUT2D eigenvalue weighted by molar-refractivity contribution is 5.73. The van der Waals surface area contributed by atoms with Crippen LogP contribution in [0.1, 0.15) is 25.5 Å². The van der Waals surface area contributed by atoms with Gasteiger partial charge >= 0.3 is 17.1 Å². The molecule has 2 rings (SSSR count). The number of benzene rings is 1. The number of carbonyl (C=O) groups excluding carboxylic acids is 1. The lowest BCUT2D eigenvalue weighted by molar-refractivity contribution is -0.146. The molecule has 0 radical (unpaired) electrons.